The number of hydrogen-bond donors (Lipinski definition) is 0. The molecule has 102 valence electrons. The SMILES string of the molecule is O=C(c1ccc(F)c(Br)c1)N1CCCC2CCCC21. The first-order valence-electron chi connectivity index (χ1n) is 6.93. The molecule has 0 bridgehead atoms. The summed E-state index contributed by atoms with van der Waals surface area (Å²) in [5.41, 5.74) is 0.584. The minimum Gasteiger partial charge on any atom is -0.335 e. The molecule has 2 atom stereocenters. The van der Waals surface area contributed by atoms with Gasteiger partial charge in [0.2, 0.25) is 0 Å². The zero-order valence-electron chi connectivity index (χ0n) is 10.7. The molecule has 1 heterocycles. The molecule has 1 amide bonds. The number of benzene rings is 1. The van der Waals surface area contributed by atoms with Crippen LogP contribution in [0.15, 0.2) is 22.7 Å². The topological polar surface area (TPSA) is 20.3 Å². The molecule has 1 aromatic carbocycles. The number of likely N-dealkylation sites (tertiary alicyclic amines) is 1. The summed E-state index contributed by atoms with van der Waals surface area (Å²) < 4.78 is 13.6. The maximum atomic E-state index is 13.2. The van der Waals surface area contributed by atoms with Crippen LogP contribution in [0.25, 0.3) is 0 Å². The van der Waals surface area contributed by atoms with Crippen LogP contribution in [-0.4, -0.2) is 23.4 Å². The van der Waals surface area contributed by atoms with Crippen molar-refractivity contribution in [3.05, 3.63) is 34.1 Å². The standard InChI is InChI=1S/C15H17BrFNO/c16-12-9-11(6-7-13(12)17)15(19)18-8-2-4-10-3-1-5-14(10)18/h6-7,9-10,14H,1-5,8H2. The minimum atomic E-state index is -0.325. The van der Waals surface area contributed by atoms with Crippen LogP contribution in [0.1, 0.15) is 42.5 Å². The zero-order valence-corrected chi connectivity index (χ0v) is 12.3. The van der Waals surface area contributed by atoms with Crippen molar-refractivity contribution in [2.45, 2.75) is 38.1 Å². The molecule has 0 aromatic heterocycles. The smallest absolute Gasteiger partial charge is 0.254 e. The molecule has 0 radical (unpaired) electrons. The molecule has 0 spiro atoms. The molecule has 4 heteroatoms. The van der Waals surface area contributed by atoms with E-state index in [4.69, 9.17) is 0 Å². The van der Waals surface area contributed by atoms with Gasteiger partial charge < -0.3 is 4.90 Å². The summed E-state index contributed by atoms with van der Waals surface area (Å²) in [5.74, 6) is 0.410. The van der Waals surface area contributed by atoms with Gasteiger partial charge in [-0.3, -0.25) is 4.79 Å². The van der Waals surface area contributed by atoms with Gasteiger partial charge in [-0.1, -0.05) is 6.42 Å². The Balaban J connectivity index is 1.84. The quantitative estimate of drug-likeness (QED) is 0.764. The maximum Gasteiger partial charge on any atom is 0.254 e. The fraction of sp³-hybridized carbons (Fsp3) is 0.533. The second kappa shape index (κ2) is 5.23. The Kier molecular flexibility index (Phi) is 3.61. The highest BCUT2D eigenvalue weighted by Gasteiger charge is 2.37. The Morgan fingerprint density at radius 1 is 1.26 bits per heavy atom. The molecule has 3 rings (SSSR count). The first-order chi connectivity index (χ1) is 9.16. The monoisotopic (exact) mass is 325 g/mol. The number of rotatable bonds is 1. The van der Waals surface area contributed by atoms with E-state index < -0.39 is 0 Å². The number of nitrogens with zero attached hydrogens (tertiary/aromatic N) is 1. The van der Waals surface area contributed by atoms with Crippen LogP contribution in [0, 0.1) is 11.7 Å². The maximum absolute atomic E-state index is 13.2. The number of carbonyl (C=O) groups excluding carboxylic acids is 1. The third kappa shape index (κ3) is 2.42. The Bertz CT molecular complexity index is 505. The van der Waals surface area contributed by atoms with E-state index >= 15 is 0 Å². The molecule has 1 aromatic rings. The molecule has 2 unspecified atom stereocenters. The van der Waals surface area contributed by atoms with E-state index in [1.54, 1.807) is 12.1 Å². The van der Waals surface area contributed by atoms with Gasteiger partial charge in [-0.2, -0.15) is 0 Å². The number of hydrogen-bond acceptors (Lipinski definition) is 1. The normalized spacial score (nSPS) is 26.3. The lowest BCUT2D eigenvalue weighted by molar-refractivity contribution is 0.0548. The first-order valence-corrected chi connectivity index (χ1v) is 7.72. The Labute approximate surface area is 121 Å². The molecule has 19 heavy (non-hydrogen) atoms. The summed E-state index contributed by atoms with van der Waals surface area (Å²) in [6.45, 7) is 0.842. The van der Waals surface area contributed by atoms with Crippen LogP contribution in [0.3, 0.4) is 0 Å². The number of carbonyl (C=O) groups is 1. The molecule has 2 fully saturated rings. The van der Waals surface area contributed by atoms with Gasteiger partial charge in [0.25, 0.3) is 5.91 Å². The van der Waals surface area contributed by atoms with Crippen molar-refractivity contribution >= 4 is 21.8 Å². The second-order valence-corrected chi connectivity index (χ2v) is 6.38. The van der Waals surface area contributed by atoms with E-state index in [1.807, 2.05) is 4.90 Å². The molecule has 2 nitrogen and oxygen atoms in total. The summed E-state index contributed by atoms with van der Waals surface area (Å²) in [7, 11) is 0. The lowest BCUT2D eigenvalue weighted by Crippen LogP contribution is -2.46. The van der Waals surface area contributed by atoms with Gasteiger partial charge in [-0.25, -0.2) is 4.39 Å². The van der Waals surface area contributed by atoms with Gasteiger partial charge in [0.15, 0.2) is 0 Å². The molecular weight excluding hydrogens is 309 g/mol. The van der Waals surface area contributed by atoms with Crippen LogP contribution in [-0.2, 0) is 0 Å². The largest absolute Gasteiger partial charge is 0.335 e. The number of amides is 1. The van der Waals surface area contributed by atoms with Crippen LogP contribution >= 0.6 is 15.9 Å². The lowest BCUT2D eigenvalue weighted by Gasteiger charge is -2.37. The first kappa shape index (κ1) is 13.1. The fourth-order valence-electron chi connectivity index (χ4n) is 3.50. The summed E-state index contributed by atoms with van der Waals surface area (Å²) in [6.07, 6.45) is 5.95. The average molecular weight is 326 g/mol. The van der Waals surface area contributed by atoms with Gasteiger partial charge in [0.05, 0.1) is 4.47 Å². The Hall–Kier alpha value is -0.900. The Morgan fingerprint density at radius 3 is 2.84 bits per heavy atom. The second-order valence-electron chi connectivity index (χ2n) is 5.53. The fourth-order valence-corrected chi connectivity index (χ4v) is 3.88. The van der Waals surface area contributed by atoms with Gasteiger partial charge >= 0.3 is 0 Å². The van der Waals surface area contributed by atoms with Crippen LogP contribution < -0.4 is 0 Å². The highest BCUT2D eigenvalue weighted by atomic mass is 79.9. The predicted molar refractivity (Wildman–Crippen MR) is 75.5 cm³/mol. The zero-order chi connectivity index (χ0) is 13.4. The van der Waals surface area contributed by atoms with E-state index in [9.17, 15) is 9.18 Å². The molecule has 1 saturated heterocycles. The summed E-state index contributed by atoms with van der Waals surface area (Å²) in [5, 5.41) is 0. The van der Waals surface area contributed by atoms with Gasteiger partial charge in [0.1, 0.15) is 5.82 Å². The van der Waals surface area contributed by atoms with Crippen molar-refractivity contribution in [1.29, 1.82) is 0 Å². The van der Waals surface area contributed by atoms with Crippen molar-refractivity contribution in [3.8, 4) is 0 Å². The third-order valence-electron chi connectivity index (χ3n) is 4.42. The molecular formula is C15H17BrFNO. The molecule has 1 aliphatic carbocycles. The van der Waals surface area contributed by atoms with Gasteiger partial charge in [-0.05, 0) is 65.7 Å². The molecule has 0 N–H and O–H groups in total. The highest BCUT2D eigenvalue weighted by Crippen LogP contribution is 2.37. The van der Waals surface area contributed by atoms with Crippen LogP contribution in [0.5, 0.6) is 0 Å². The van der Waals surface area contributed by atoms with E-state index in [1.165, 1.54) is 25.3 Å². The van der Waals surface area contributed by atoms with Gasteiger partial charge in [-0.15, -0.1) is 0 Å². The van der Waals surface area contributed by atoms with Crippen LogP contribution in [0.2, 0.25) is 0 Å². The number of piperidine rings is 1. The average Bonchev–Trinajstić information content (AvgIpc) is 2.89. The van der Waals surface area contributed by atoms with E-state index in [-0.39, 0.29) is 11.7 Å². The van der Waals surface area contributed by atoms with E-state index in [0.717, 1.165) is 19.4 Å². The van der Waals surface area contributed by atoms with E-state index in [0.29, 0.717) is 22.0 Å². The van der Waals surface area contributed by atoms with E-state index in [2.05, 4.69) is 15.9 Å². The molecule has 1 saturated carbocycles. The number of fused-ring (bicyclic) bond motifs is 1. The summed E-state index contributed by atoms with van der Waals surface area (Å²) in [4.78, 5) is 14.6. The number of halogens is 2. The van der Waals surface area contributed by atoms with Crippen LogP contribution in [0.4, 0.5) is 4.39 Å². The molecule has 2 aliphatic rings. The highest BCUT2D eigenvalue weighted by molar-refractivity contribution is 9.10. The summed E-state index contributed by atoms with van der Waals surface area (Å²) >= 11 is 3.15. The minimum absolute atomic E-state index is 0.0531. The van der Waals surface area contributed by atoms with Crippen molar-refractivity contribution in [2.24, 2.45) is 5.92 Å². The predicted octanol–water partition coefficient (Wildman–Crippen LogP) is 3.99. The van der Waals surface area contributed by atoms with Gasteiger partial charge in [0, 0.05) is 18.2 Å². The van der Waals surface area contributed by atoms with Crippen molar-refractivity contribution in [1.82, 2.24) is 4.90 Å². The lowest BCUT2D eigenvalue weighted by atomic mass is 9.91. The Morgan fingerprint density at radius 2 is 2.05 bits per heavy atom. The molecule has 1 aliphatic heterocycles. The summed E-state index contributed by atoms with van der Waals surface area (Å²) in [6, 6.07) is 4.94. The van der Waals surface area contributed by atoms with Crippen molar-refractivity contribution < 1.29 is 9.18 Å². The van der Waals surface area contributed by atoms with Crippen molar-refractivity contribution in [2.75, 3.05) is 6.54 Å². The third-order valence-corrected chi connectivity index (χ3v) is 5.03. The van der Waals surface area contributed by atoms with Crippen molar-refractivity contribution in [3.63, 3.8) is 0 Å².